The van der Waals surface area contributed by atoms with Crippen LogP contribution in [-0.4, -0.2) is 26.1 Å². The molecule has 1 atom stereocenters. The predicted molar refractivity (Wildman–Crippen MR) is 103 cm³/mol. The van der Waals surface area contributed by atoms with E-state index in [1.165, 1.54) is 10.9 Å². The Bertz CT molecular complexity index is 1110. The maximum Gasteiger partial charge on any atom is 0.269 e. The highest BCUT2D eigenvalue weighted by Gasteiger charge is 2.26. The Labute approximate surface area is 156 Å². The molecule has 0 bridgehead atoms. The second-order valence-electron chi connectivity index (χ2n) is 6.89. The van der Waals surface area contributed by atoms with Gasteiger partial charge in [0.2, 0.25) is 0 Å². The number of aromatic nitrogens is 4. The van der Waals surface area contributed by atoms with Crippen LogP contribution < -0.4 is 5.32 Å². The van der Waals surface area contributed by atoms with Gasteiger partial charge in [0.25, 0.3) is 5.91 Å². The molecule has 6 nitrogen and oxygen atoms in total. The van der Waals surface area contributed by atoms with Crippen LogP contribution in [0.1, 0.15) is 40.6 Å². The molecular formula is C21H19N5O. The summed E-state index contributed by atoms with van der Waals surface area (Å²) in [6.45, 7) is 0. The van der Waals surface area contributed by atoms with Crippen LogP contribution in [0, 0.1) is 0 Å². The van der Waals surface area contributed by atoms with Gasteiger partial charge in [-0.05, 0) is 49.1 Å². The van der Waals surface area contributed by atoms with Crippen molar-refractivity contribution >= 4 is 16.8 Å². The smallest absolute Gasteiger partial charge is 0.269 e. The van der Waals surface area contributed by atoms with E-state index < -0.39 is 0 Å². The summed E-state index contributed by atoms with van der Waals surface area (Å²) in [7, 11) is 0. The normalized spacial score (nSPS) is 16.2. The van der Waals surface area contributed by atoms with E-state index in [4.69, 9.17) is 0 Å². The molecule has 5 rings (SSSR count). The van der Waals surface area contributed by atoms with Crippen molar-refractivity contribution in [2.24, 2.45) is 0 Å². The molecule has 0 aliphatic heterocycles. The summed E-state index contributed by atoms with van der Waals surface area (Å²) in [5.41, 5.74) is 5.62. The van der Waals surface area contributed by atoms with Gasteiger partial charge in [0.1, 0.15) is 5.69 Å². The number of nitrogens with zero attached hydrogens (tertiary/aromatic N) is 2. The molecule has 4 aromatic rings. The number of benzene rings is 1. The minimum Gasteiger partial charge on any atom is -0.356 e. The van der Waals surface area contributed by atoms with Gasteiger partial charge in [-0.1, -0.05) is 18.2 Å². The third kappa shape index (κ3) is 2.79. The number of fused-ring (bicyclic) bond motifs is 3. The number of aryl methyl sites for hydroxylation is 1. The molecule has 134 valence electrons. The van der Waals surface area contributed by atoms with Crippen molar-refractivity contribution in [3.05, 3.63) is 71.8 Å². The number of hydrogen-bond acceptors (Lipinski definition) is 3. The Morgan fingerprint density at radius 3 is 3.00 bits per heavy atom. The maximum atomic E-state index is 12.8. The zero-order chi connectivity index (χ0) is 18.2. The molecule has 0 saturated heterocycles. The summed E-state index contributed by atoms with van der Waals surface area (Å²) in [6, 6.07) is 13.8. The molecule has 1 aliphatic rings. The number of amides is 1. The van der Waals surface area contributed by atoms with E-state index in [0.717, 1.165) is 36.0 Å². The Hall–Kier alpha value is -3.41. The Kier molecular flexibility index (Phi) is 3.74. The Balaban J connectivity index is 1.40. The van der Waals surface area contributed by atoms with Crippen molar-refractivity contribution in [2.45, 2.75) is 25.3 Å². The number of carbonyl (C=O) groups excluding carboxylic acids is 1. The van der Waals surface area contributed by atoms with Gasteiger partial charge in [-0.25, -0.2) is 0 Å². The molecule has 3 aromatic heterocycles. The topological polar surface area (TPSA) is 86.5 Å². The van der Waals surface area contributed by atoms with Crippen LogP contribution in [0.25, 0.3) is 22.2 Å². The molecule has 3 heterocycles. The molecule has 3 N–H and O–H groups in total. The SMILES string of the molecule is O=C(N[C@H]1CCCc2c1[nH]c1ccccc21)c1cc(-c2cccnc2)n[nH]1. The van der Waals surface area contributed by atoms with Gasteiger partial charge in [0, 0.05) is 34.6 Å². The third-order valence-electron chi connectivity index (χ3n) is 5.20. The molecule has 0 saturated carbocycles. The van der Waals surface area contributed by atoms with Gasteiger partial charge >= 0.3 is 0 Å². The van der Waals surface area contributed by atoms with Crippen LogP contribution in [-0.2, 0) is 6.42 Å². The fourth-order valence-electron chi connectivity index (χ4n) is 3.90. The second-order valence-corrected chi connectivity index (χ2v) is 6.89. The summed E-state index contributed by atoms with van der Waals surface area (Å²) in [5.74, 6) is -0.144. The minimum atomic E-state index is -0.144. The molecule has 0 unspecified atom stereocenters. The zero-order valence-electron chi connectivity index (χ0n) is 14.7. The monoisotopic (exact) mass is 357 g/mol. The zero-order valence-corrected chi connectivity index (χ0v) is 14.7. The van der Waals surface area contributed by atoms with Crippen LogP contribution in [0.3, 0.4) is 0 Å². The van der Waals surface area contributed by atoms with E-state index in [-0.39, 0.29) is 11.9 Å². The molecule has 1 amide bonds. The van der Waals surface area contributed by atoms with Gasteiger partial charge in [-0.15, -0.1) is 0 Å². The average molecular weight is 357 g/mol. The standard InChI is InChI=1S/C21H19N5O/c27-21(19-11-18(25-26-19)13-5-4-10-22-12-13)24-17-9-3-7-15-14-6-1-2-8-16(14)23-20(15)17/h1-2,4-6,8,10-12,17,23H,3,7,9H2,(H,24,27)(H,25,26)/t17-/m0/s1. The summed E-state index contributed by atoms with van der Waals surface area (Å²) >= 11 is 0. The molecule has 0 radical (unpaired) electrons. The lowest BCUT2D eigenvalue weighted by atomic mass is 9.91. The van der Waals surface area contributed by atoms with Crippen molar-refractivity contribution in [3.8, 4) is 11.3 Å². The lowest BCUT2D eigenvalue weighted by molar-refractivity contribution is 0.0927. The van der Waals surface area contributed by atoms with Crippen LogP contribution >= 0.6 is 0 Å². The lowest BCUT2D eigenvalue weighted by Crippen LogP contribution is -2.31. The number of hydrogen-bond donors (Lipinski definition) is 3. The lowest BCUT2D eigenvalue weighted by Gasteiger charge is -2.23. The number of carbonyl (C=O) groups is 1. The van der Waals surface area contributed by atoms with Gasteiger partial charge in [0.05, 0.1) is 11.7 Å². The molecule has 27 heavy (non-hydrogen) atoms. The van der Waals surface area contributed by atoms with Crippen molar-refractivity contribution < 1.29 is 4.79 Å². The number of para-hydroxylation sites is 1. The van der Waals surface area contributed by atoms with Crippen LogP contribution in [0.15, 0.2) is 54.9 Å². The summed E-state index contributed by atoms with van der Waals surface area (Å²) in [6.07, 6.45) is 6.47. The number of nitrogens with one attached hydrogen (secondary N) is 3. The largest absolute Gasteiger partial charge is 0.356 e. The number of H-pyrrole nitrogens is 2. The predicted octanol–water partition coefficient (Wildman–Crippen LogP) is 3.76. The summed E-state index contributed by atoms with van der Waals surface area (Å²) < 4.78 is 0. The highest BCUT2D eigenvalue weighted by Crippen LogP contribution is 2.34. The van der Waals surface area contributed by atoms with Crippen molar-refractivity contribution in [3.63, 3.8) is 0 Å². The van der Waals surface area contributed by atoms with Crippen LogP contribution in [0.4, 0.5) is 0 Å². The van der Waals surface area contributed by atoms with Crippen molar-refractivity contribution in [2.75, 3.05) is 0 Å². The van der Waals surface area contributed by atoms with Crippen molar-refractivity contribution in [1.29, 1.82) is 0 Å². The quantitative estimate of drug-likeness (QED) is 0.522. The fourth-order valence-corrected chi connectivity index (χ4v) is 3.90. The van der Waals surface area contributed by atoms with E-state index in [2.05, 4.69) is 43.7 Å². The van der Waals surface area contributed by atoms with Gasteiger partial charge in [0.15, 0.2) is 0 Å². The fraction of sp³-hybridized carbons (Fsp3) is 0.190. The first-order valence-electron chi connectivity index (χ1n) is 9.16. The molecule has 1 aromatic carbocycles. The second kappa shape index (κ2) is 6.39. The average Bonchev–Trinajstić information content (AvgIpc) is 3.35. The first kappa shape index (κ1) is 15.8. The number of pyridine rings is 1. The first-order valence-corrected chi connectivity index (χ1v) is 9.16. The Morgan fingerprint density at radius 1 is 1.19 bits per heavy atom. The van der Waals surface area contributed by atoms with E-state index in [0.29, 0.717) is 11.4 Å². The summed E-state index contributed by atoms with van der Waals surface area (Å²) in [5, 5.41) is 11.5. The third-order valence-corrected chi connectivity index (χ3v) is 5.20. The first-order chi connectivity index (χ1) is 13.3. The van der Waals surface area contributed by atoms with Crippen molar-refractivity contribution in [1.82, 2.24) is 25.5 Å². The summed E-state index contributed by atoms with van der Waals surface area (Å²) in [4.78, 5) is 20.4. The minimum absolute atomic E-state index is 0.0150. The van der Waals surface area contributed by atoms with Gasteiger partial charge < -0.3 is 10.3 Å². The van der Waals surface area contributed by atoms with E-state index in [1.807, 2.05) is 18.2 Å². The van der Waals surface area contributed by atoms with E-state index in [9.17, 15) is 4.79 Å². The molecular weight excluding hydrogens is 338 g/mol. The maximum absolute atomic E-state index is 12.8. The number of aromatic amines is 2. The Morgan fingerprint density at radius 2 is 2.11 bits per heavy atom. The van der Waals surface area contributed by atoms with E-state index in [1.54, 1.807) is 18.5 Å². The number of rotatable bonds is 3. The van der Waals surface area contributed by atoms with Gasteiger partial charge in [-0.2, -0.15) is 5.10 Å². The van der Waals surface area contributed by atoms with Crippen LogP contribution in [0.2, 0.25) is 0 Å². The van der Waals surface area contributed by atoms with Crippen LogP contribution in [0.5, 0.6) is 0 Å². The van der Waals surface area contributed by atoms with Gasteiger partial charge in [-0.3, -0.25) is 14.9 Å². The molecule has 0 fully saturated rings. The van der Waals surface area contributed by atoms with E-state index >= 15 is 0 Å². The molecule has 0 spiro atoms. The molecule has 6 heteroatoms. The highest BCUT2D eigenvalue weighted by molar-refractivity contribution is 5.94. The molecule has 1 aliphatic carbocycles. The highest BCUT2D eigenvalue weighted by atomic mass is 16.2.